The second-order valence-corrected chi connectivity index (χ2v) is 10.6. The molecule has 1 N–H and O–H groups in total. The van der Waals surface area contributed by atoms with Crippen LogP contribution in [0.2, 0.25) is 0 Å². The lowest BCUT2D eigenvalue weighted by Gasteiger charge is -2.70. The molecule has 0 aromatic rings. The number of ether oxygens (including phenoxy) is 1. The van der Waals surface area contributed by atoms with E-state index in [1.807, 2.05) is 6.92 Å². The first-order valence-electron chi connectivity index (χ1n) is 10.7. The monoisotopic (exact) mass is 360 g/mol. The van der Waals surface area contributed by atoms with Gasteiger partial charge in [-0.25, -0.2) is 0 Å². The molecule has 2 aliphatic heterocycles. The van der Waals surface area contributed by atoms with E-state index in [2.05, 4.69) is 13.8 Å². The van der Waals surface area contributed by atoms with Gasteiger partial charge >= 0.3 is 5.97 Å². The van der Waals surface area contributed by atoms with Gasteiger partial charge in [0.1, 0.15) is 5.60 Å². The second-order valence-electron chi connectivity index (χ2n) is 10.6. The molecule has 4 nitrogen and oxygen atoms in total. The number of rotatable bonds is 2. The van der Waals surface area contributed by atoms with Crippen LogP contribution in [0.5, 0.6) is 0 Å². The molecule has 6 aliphatic rings. The van der Waals surface area contributed by atoms with Crippen molar-refractivity contribution in [3.8, 4) is 0 Å². The first-order valence-corrected chi connectivity index (χ1v) is 10.7. The normalized spacial score (nSPS) is 56.0. The lowest BCUT2D eigenvalue weighted by atomic mass is 9.40. The molecule has 1 spiro atoms. The van der Waals surface area contributed by atoms with Gasteiger partial charge in [0.2, 0.25) is 0 Å². The predicted molar refractivity (Wildman–Crippen MR) is 96.5 cm³/mol. The van der Waals surface area contributed by atoms with E-state index in [0.29, 0.717) is 30.0 Å². The fourth-order valence-electron chi connectivity index (χ4n) is 8.65. The van der Waals surface area contributed by atoms with Gasteiger partial charge in [-0.3, -0.25) is 9.59 Å². The van der Waals surface area contributed by atoms with E-state index >= 15 is 0 Å². The van der Waals surface area contributed by atoms with Crippen LogP contribution in [0.15, 0.2) is 0 Å². The largest absolute Gasteiger partial charge is 0.481 e. The van der Waals surface area contributed by atoms with Crippen LogP contribution < -0.4 is 0 Å². The van der Waals surface area contributed by atoms with Crippen LogP contribution in [-0.4, -0.2) is 28.6 Å². The summed E-state index contributed by atoms with van der Waals surface area (Å²) in [6.45, 7) is 6.40. The van der Waals surface area contributed by atoms with E-state index in [0.717, 1.165) is 38.5 Å². The molecule has 2 heterocycles. The number of carbonyl (C=O) groups is 2. The minimum atomic E-state index is -0.715. The fourth-order valence-corrected chi connectivity index (χ4v) is 8.65. The van der Waals surface area contributed by atoms with E-state index in [9.17, 15) is 14.7 Å². The molecule has 6 rings (SSSR count). The maximum atomic E-state index is 13.8. The number of ketones is 1. The van der Waals surface area contributed by atoms with Crippen molar-refractivity contribution in [3.05, 3.63) is 0 Å². The SMILES string of the molecule is C[C@H](C(=O)O)[C@@H]1CC[C@H]2[C@H]3CC[C@H]4C[C@H]5CC[C@]4(C)[C@@]3(O5)C(=O)C[C@]12C. The summed E-state index contributed by atoms with van der Waals surface area (Å²) in [5.74, 6) is 0.693. The zero-order chi connectivity index (χ0) is 18.5. The van der Waals surface area contributed by atoms with Gasteiger partial charge in [0.25, 0.3) is 0 Å². The third-order valence-corrected chi connectivity index (χ3v) is 9.90. The van der Waals surface area contributed by atoms with Gasteiger partial charge in [0.05, 0.1) is 12.0 Å². The maximum Gasteiger partial charge on any atom is 0.306 e. The number of hydrogen-bond acceptors (Lipinski definition) is 3. The molecule has 0 unspecified atom stereocenters. The number of hydrogen-bond donors (Lipinski definition) is 1. The Labute approximate surface area is 156 Å². The minimum Gasteiger partial charge on any atom is -0.481 e. The second kappa shape index (κ2) is 5.12. The van der Waals surface area contributed by atoms with Crippen molar-refractivity contribution in [1.29, 1.82) is 0 Å². The number of fused-ring (bicyclic) bond motifs is 3. The molecule has 0 aromatic carbocycles. The number of carbonyl (C=O) groups excluding carboxylic acids is 1. The quantitative estimate of drug-likeness (QED) is 0.806. The van der Waals surface area contributed by atoms with Crippen molar-refractivity contribution < 1.29 is 19.4 Å². The standard InChI is InChI=1S/C22H32O4/c1-12(19(24)25)15-6-7-16-17-5-4-13-10-14-8-9-21(13,3)22(17,26-14)18(23)11-20(15,16)2/h12-17H,4-11H2,1-3H3,(H,24,25)/t12-,13-,14+,15-,16-,17+,20+,21-,22-/m0/s1. The van der Waals surface area contributed by atoms with E-state index in [4.69, 9.17) is 4.74 Å². The van der Waals surface area contributed by atoms with Crippen LogP contribution in [0.1, 0.15) is 72.1 Å². The third-order valence-electron chi connectivity index (χ3n) is 9.90. The van der Waals surface area contributed by atoms with Crippen LogP contribution in [0.4, 0.5) is 0 Å². The molecule has 0 radical (unpaired) electrons. The average Bonchev–Trinajstić information content (AvgIpc) is 2.90. The highest BCUT2D eigenvalue weighted by Gasteiger charge is 2.74. The van der Waals surface area contributed by atoms with Crippen LogP contribution >= 0.6 is 0 Å². The summed E-state index contributed by atoms with van der Waals surface area (Å²) in [7, 11) is 0. The minimum absolute atomic E-state index is 0.000416. The molecule has 144 valence electrons. The lowest BCUT2D eigenvalue weighted by molar-refractivity contribution is -0.307. The van der Waals surface area contributed by atoms with Gasteiger partial charge < -0.3 is 9.84 Å². The van der Waals surface area contributed by atoms with Crippen molar-refractivity contribution >= 4 is 11.8 Å². The van der Waals surface area contributed by atoms with Crippen LogP contribution in [0.25, 0.3) is 0 Å². The Morgan fingerprint density at radius 1 is 1.15 bits per heavy atom. The molecule has 26 heavy (non-hydrogen) atoms. The molecule has 4 saturated carbocycles. The smallest absolute Gasteiger partial charge is 0.306 e. The zero-order valence-electron chi connectivity index (χ0n) is 16.3. The highest BCUT2D eigenvalue weighted by molar-refractivity contribution is 5.91. The highest BCUT2D eigenvalue weighted by Crippen LogP contribution is 2.72. The van der Waals surface area contributed by atoms with Gasteiger partial charge in [-0.05, 0) is 74.0 Å². The molecule has 0 amide bonds. The van der Waals surface area contributed by atoms with Crippen LogP contribution in [0.3, 0.4) is 0 Å². The van der Waals surface area contributed by atoms with Gasteiger partial charge in [0, 0.05) is 11.8 Å². The summed E-state index contributed by atoms with van der Waals surface area (Å²) in [6.07, 6.45) is 8.48. The lowest BCUT2D eigenvalue weighted by Crippen LogP contribution is -2.75. The first kappa shape index (κ1) is 17.2. The molecular formula is C22H32O4. The Bertz CT molecular complexity index is 673. The molecular weight excluding hydrogens is 328 g/mol. The Balaban J connectivity index is 1.58. The van der Waals surface area contributed by atoms with E-state index < -0.39 is 11.6 Å². The summed E-state index contributed by atoms with van der Waals surface area (Å²) < 4.78 is 6.69. The van der Waals surface area contributed by atoms with E-state index in [1.54, 1.807) is 0 Å². The molecule has 0 aromatic heterocycles. The van der Waals surface area contributed by atoms with Crippen molar-refractivity contribution in [2.45, 2.75) is 83.8 Å². The van der Waals surface area contributed by atoms with Gasteiger partial charge in [0.15, 0.2) is 5.78 Å². The molecule has 6 fully saturated rings. The number of carboxylic acid groups (broad SMARTS) is 1. The molecule has 4 aliphatic carbocycles. The fraction of sp³-hybridized carbons (Fsp3) is 0.909. The molecule has 2 saturated heterocycles. The van der Waals surface area contributed by atoms with Gasteiger partial charge in [-0.15, -0.1) is 0 Å². The topological polar surface area (TPSA) is 63.6 Å². The third kappa shape index (κ3) is 1.76. The number of aliphatic carboxylic acids is 1. The van der Waals surface area contributed by atoms with Crippen molar-refractivity contribution in [3.63, 3.8) is 0 Å². The molecule has 4 bridgehead atoms. The Morgan fingerprint density at radius 3 is 2.62 bits per heavy atom. The van der Waals surface area contributed by atoms with E-state index in [1.165, 1.54) is 6.42 Å². The molecule has 4 heteroatoms. The Morgan fingerprint density at radius 2 is 1.88 bits per heavy atom. The van der Waals surface area contributed by atoms with Crippen molar-refractivity contribution in [1.82, 2.24) is 0 Å². The summed E-state index contributed by atoms with van der Waals surface area (Å²) >= 11 is 0. The summed E-state index contributed by atoms with van der Waals surface area (Å²) in [6, 6.07) is 0. The predicted octanol–water partition coefficient (Wildman–Crippen LogP) is 4.07. The zero-order valence-corrected chi connectivity index (χ0v) is 16.3. The van der Waals surface area contributed by atoms with Crippen molar-refractivity contribution in [2.24, 2.45) is 40.4 Å². The average molecular weight is 360 g/mol. The van der Waals surface area contributed by atoms with Crippen LogP contribution in [-0.2, 0) is 14.3 Å². The number of Topliss-reactive ketones (excluding diaryl/α,β-unsaturated/α-hetero) is 1. The van der Waals surface area contributed by atoms with Gasteiger partial charge in [-0.1, -0.05) is 20.8 Å². The summed E-state index contributed by atoms with van der Waals surface area (Å²) in [5.41, 5.74) is -0.740. The Kier molecular flexibility index (Phi) is 3.39. The number of carboxylic acids is 1. The summed E-state index contributed by atoms with van der Waals surface area (Å²) in [5, 5.41) is 9.60. The van der Waals surface area contributed by atoms with Gasteiger partial charge in [-0.2, -0.15) is 0 Å². The summed E-state index contributed by atoms with van der Waals surface area (Å²) in [4.78, 5) is 25.5. The van der Waals surface area contributed by atoms with E-state index in [-0.39, 0.29) is 28.8 Å². The van der Waals surface area contributed by atoms with Crippen molar-refractivity contribution in [2.75, 3.05) is 0 Å². The Hall–Kier alpha value is -0.900. The molecule has 9 atom stereocenters. The van der Waals surface area contributed by atoms with Crippen LogP contribution in [0, 0.1) is 40.4 Å². The first-order chi connectivity index (χ1) is 12.2. The highest BCUT2D eigenvalue weighted by atomic mass is 16.5. The maximum absolute atomic E-state index is 13.8.